The van der Waals surface area contributed by atoms with Gasteiger partial charge in [0.15, 0.2) is 11.5 Å². The Morgan fingerprint density at radius 3 is 2.31 bits per heavy atom. The van der Waals surface area contributed by atoms with Gasteiger partial charge in [-0.25, -0.2) is 0 Å². The van der Waals surface area contributed by atoms with Gasteiger partial charge in [0, 0.05) is 0 Å². The second kappa shape index (κ2) is 10.5. The molecule has 2 nitrogen and oxygen atoms in total. The fourth-order valence-corrected chi connectivity index (χ4v) is 2.99. The minimum Gasteiger partial charge on any atom is -0.454 e. The highest BCUT2D eigenvalue weighted by molar-refractivity contribution is 5.85. The van der Waals surface area contributed by atoms with E-state index in [1.807, 2.05) is 19.9 Å². The lowest BCUT2D eigenvalue weighted by Crippen LogP contribution is -1.92. The molecular formula is C24H30O2. The van der Waals surface area contributed by atoms with E-state index < -0.39 is 0 Å². The molecule has 1 heterocycles. The van der Waals surface area contributed by atoms with Crippen LogP contribution in [0, 0.1) is 0 Å². The zero-order valence-corrected chi connectivity index (χ0v) is 16.4. The number of hydrogen-bond donors (Lipinski definition) is 0. The van der Waals surface area contributed by atoms with Gasteiger partial charge in [-0.2, -0.15) is 0 Å². The molecule has 1 aliphatic rings. The maximum Gasteiger partial charge on any atom is 0.231 e. The van der Waals surface area contributed by atoms with Gasteiger partial charge in [0.05, 0.1) is 0 Å². The maximum atomic E-state index is 5.26. The van der Waals surface area contributed by atoms with Gasteiger partial charge in [-0.3, -0.25) is 0 Å². The first-order valence-electron chi connectivity index (χ1n) is 9.67. The molecule has 1 aliphatic heterocycles. The largest absolute Gasteiger partial charge is 0.454 e. The van der Waals surface area contributed by atoms with Crippen molar-refractivity contribution >= 4 is 10.8 Å². The van der Waals surface area contributed by atoms with E-state index in [1.54, 1.807) is 0 Å². The Morgan fingerprint density at radius 1 is 0.808 bits per heavy atom. The molecule has 0 saturated carbocycles. The number of aryl methyl sites for hydroxylation is 2. The molecule has 0 bridgehead atoms. The summed E-state index contributed by atoms with van der Waals surface area (Å²) in [5.74, 6) is 1.76. The average molecular weight is 351 g/mol. The van der Waals surface area contributed by atoms with Crippen molar-refractivity contribution in [2.75, 3.05) is 6.79 Å². The Kier molecular flexibility index (Phi) is 8.01. The van der Waals surface area contributed by atoms with Crippen LogP contribution in [0.1, 0.15) is 45.2 Å². The molecule has 0 spiro atoms. The van der Waals surface area contributed by atoms with Crippen molar-refractivity contribution in [2.45, 2.75) is 47.0 Å². The highest BCUT2D eigenvalue weighted by Gasteiger charge is 2.12. The smallest absolute Gasteiger partial charge is 0.231 e. The average Bonchev–Trinajstić information content (AvgIpc) is 3.18. The SMILES string of the molecule is CC.CCCc1ccc2c(c1)OCO2.CCc1cccc2ccccc12. The third-order valence-electron chi connectivity index (χ3n) is 4.24. The second-order valence-electron chi connectivity index (χ2n) is 5.93. The van der Waals surface area contributed by atoms with Crippen molar-refractivity contribution in [3.8, 4) is 11.5 Å². The molecule has 2 heteroatoms. The molecule has 0 N–H and O–H groups in total. The Morgan fingerprint density at radius 2 is 1.54 bits per heavy atom. The van der Waals surface area contributed by atoms with Crippen LogP contribution in [-0.4, -0.2) is 6.79 Å². The van der Waals surface area contributed by atoms with Crippen LogP contribution in [0.15, 0.2) is 60.7 Å². The fourth-order valence-electron chi connectivity index (χ4n) is 2.99. The van der Waals surface area contributed by atoms with E-state index in [4.69, 9.17) is 9.47 Å². The molecule has 26 heavy (non-hydrogen) atoms. The van der Waals surface area contributed by atoms with Gasteiger partial charge < -0.3 is 9.47 Å². The first kappa shape index (κ1) is 19.8. The maximum absolute atomic E-state index is 5.26. The van der Waals surface area contributed by atoms with E-state index >= 15 is 0 Å². The molecular weight excluding hydrogens is 320 g/mol. The van der Waals surface area contributed by atoms with Crippen molar-refractivity contribution < 1.29 is 9.47 Å². The second-order valence-corrected chi connectivity index (χ2v) is 5.93. The molecule has 0 atom stereocenters. The highest BCUT2D eigenvalue weighted by atomic mass is 16.7. The summed E-state index contributed by atoms with van der Waals surface area (Å²) in [4.78, 5) is 0. The lowest BCUT2D eigenvalue weighted by atomic mass is 10.0. The summed E-state index contributed by atoms with van der Waals surface area (Å²) in [6.07, 6.45) is 3.39. The van der Waals surface area contributed by atoms with Gasteiger partial charge in [0.1, 0.15) is 0 Å². The van der Waals surface area contributed by atoms with Crippen LogP contribution in [-0.2, 0) is 12.8 Å². The highest BCUT2D eigenvalue weighted by Crippen LogP contribution is 2.32. The van der Waals surface area contributed by atoms with Crippen LogP contribution in [0.3, 0.4) is 0 Å². The molecule has 138 valence electrons. The standard InChI is InChI=1S/C12H12.C10H12O2.C2H6/c1-2-10-7-5-8-11-6-3-4-9-12(10)11;1-2-3-8-4-5-9-10(6-8)12-7-11-9;1-2/h3-9H,2H2,1H3;4-6H,2-3,7H2,1H3;1-2H3. The van der Waals surface area contributed by atoms with Crippen LogP contribution in [0.4, 0.5) is 0 Å². The fraction of sp³-hybridized carbons (Fsp3) is 0.333. The topological polar surface area (TPSA) is 18.5 Å². The van der Waals surface area contributed by atoms with Gasteiger partial charge in [-0.05, 0) is 46.9 Å². The monoisotopic (exact) mass is 350 g/mol. The summed E-state index contributed by atoms with van der Waals surface area (Å²) < 4.78 is 10.5. The Labute approximate surface area is 157 Å². The zero-order chi connectivity index (χ0) is 18.8. The van der Waals surface area contributed by atoms with Gasteiger partial charge >= 0.3 is 0 Å². The summed E-state index contributed by atoms with van der Waals surface area (Å²) >= 11 is 0. The number of fused-ring (bicyclic) bond motifs is 2. The van der Waals surface area contributed by atoms with E-state index in [1.165, 1.54) is 28.3 Å². The lowest BCUT2D eigenvalue weighted by Gasteiger charge is -2.02. The van der Waals surface area contributed by atoms with E-state index in [0.29, 0.717) is 6.79 Å². The first-order chi connectivity index (χ1) is 12.8. The predicted octanol–water partition coefficient (Wildman–Crippen LogP) is 6.80. The molecule has 0 radical (unpaired) electrons. The normalized spacial score (nSPS) is 11.2. The molecule has 0 aliphatic carbocycles. The predicted molar refractivity (Wildman–Crippen MR) is 111 cm³/mol. The Bertz CT molecular complexity index is 803. The van der Waals surface area contributed by atoms with Gasteiger partial charge in [-0.15, -0.1) is 0 Å². The van der Waals surface area contributed by atoms with Crippen LogP contribution in [0.25, 0.3) is 10.8 Å². The van der Waals surface area contributed by atoms with Gasteiger partial charge in [-0.1, -0.05) is 82.6 Å². The summed E-state index contributed by atoms with van der Waals surface area (Å²) in [7, 11) is 0. The quantitative estimate of drug-likeness (QED) is 0.517. The van der Waals surface area contributed by atoms with Crippen molar-refractivity contribution in [3.05, 3.63) is 71.8 Å². The minimum atomic E-state index is 0.366. The Balaban J connectivity index is 0.000000171. The molecule has 0 aromatic heterocycles. The van der Waals surface area contributed by atoms with Gasteiger partial charge in [0.25, 0.3) is 0 Å². The van der Waals surface area contributed by atoms with E-state index in [-0.39, 0.29) is 0 Å². The third kappa shape index (κ3) is 5.01. The lowest BCUT2D eigenvalue weighted by molar-refractivity contribution is 0.174. The van der Waals surface area contributed by atoms with Gasteiger partial charge in [0.2, 0.25) is 6.79 Å². The zero-order valence-electron chi connectivity index (χ0n) is 16.4. The van der Waals surface area contributed by atoms with Crippen molar-refractivity contribution in [3.63, 3.8) is 0 Å². The Hall–Kier alpha value is -2.48. The summed E-state index contributed by atoms with van der Waals surface area (Å²) in [5.41, 5.74) is 2.76. The molecule has 3 aromatic carbocycles. The van der Waals surface area contributed by atoms with Crippen LogP contribution in [0.2, 0.25) is 0 Å². The molecule has 0 saturated heterocycles. The summed E-state index contributed by atoms with van der Waals surface area (Å²) in [6, 6.07) is 21.2. The molecule has 0 amide bonds. The van der Waals surface area contributed by atoms with E-state index in [2.05, 4.69) is 68.4 Å². The number of hydrogen-bond acceptors (Lipinski definition) is 2. The summed E-state index contributed by atoms with van der Waals surface area (Å²) in [5, 5.41) is 2.74. The number of ether oxygens (including phenoxy) is 2. The molecule has 0 fully saturated rings. The third-order valence-corrected chi connectivity index (χ3v) is 4.24. The van der Waals surface area contributed by atoms with Crippen LogP contribution >= 0.6 is 0 Å². The van der Waals surface area contributed by atoms with Crippen molar-refractivity contribution in [1.29, 1.82) is 0 Å². The van der Waals surface area contributed by atoms with Crippen LogP contribution < -0.4 is 9.47 Å². The van der Waals surface area contributed by atoms with E-state index in [0.717, 1.165) is 24.3 Å². The molecule has 0 unspecified atom stereocenters. The van der Waals surface area contributed by atoms with Crippen molar-refractivity contribution in [1.82, 2.24) is 0 Å². The summed E-state index contributed by atoms with van der Waals surface area (Å²) in [6.45, 7) is 8.73. The molecule has 3 aromatic rings. The number of benzene rings is 3. The van der Waals surface area contributed by atoms with E-state index in [9.17, 15) is 0 Å². The minimum absolute atomic E-state index is 0.366. The van der Waals surface area contributed by atoms with Crippen molar-refractivity contribution in [2.24, 2.45) is 0 Å². The van der Waals surface area contributed by atoms with Crippen LogP contribution in [0.5, 0.6) is 11.5 Å². The molecule has 4 rings (SSSR count). The number of rotatable bonds is 3. The first-order valence-corrected chi connectivity index (χ1v) is 9.67.